The van der Waals surface area contributed by atoms with Crippen molar-refractivity contribution in [1.82, 2.24) is 20.1 Å². The Kier molecular flexibility index (Phi) is 6.94. The lowest BCUT2D eigenvalue weighted by atomic mass is 9.93. The summed E-state index contributed by atoms with van der Waals surface area (Å²) in [6.07, 6.45) is 4.32. The van der Waals surface area contributed by atoms with Crippen molar-refractivity contribution in [2.45, 2.75) is 31.4 Å². The smallest absolute Gasteiger partial charge is 0.254 e. The van der Waals surface area contributed by atoms with E-state index in [1.807, 2.05) is 48.5 Å². The fourth-order valence-corrected chi connectivity index (χ4v) is 4.29. The maximum Gasteiger partial charge on any atom is 0.254 e. The number of hydrogen-bond donors (Lipinski definition) is 1. The summed E-state index contributed by atoms with van der Waals surface area (Å²) in [5.74, 6) is -0.146. The second kappa shape index (κ2) is 10.0. The van der Waals surface area contributed by atoms with Crippen molar-refractivity contribution in [2.24, 2.45) is 0 Å². The Hall–Kier alpha value is -2.77. The van der Waals surface area contributed by atoms with Crippen LogP contribution in [0.5, 0.6) is 0 Å². The summed E-state index contributed by atoms with van der Waals surface area (Å²) in [5.41, 5.74) is 0.634. The molecule has 2 aliphatic rings. The summed E-state index contributed by atoms with van der Waals surface area (Å²) < 4.78 is 6.11. The SMILES string of the molecule is O=C(CN1CCCC1)N1CCO[C@](Cc2ccccn2)(C(=O)NCc2ccccc2)C1. The number of aromatic nitrogens is 1. The van der Waals surface area contributed by atoms with Crippen LogP contribution in [0.2, 0.25) is 0 Å². The second-order valence-electron chi connectivity index (χ2n) is 8.31. The summed E-state index contributed by atoms with van der Waals surface area (Å²) >= 11 is 0. The molecule has 0 radical (unpaired) electrons. The molecular weight excluding hydrogens is 392 g/mol. The third-order valence-corrected chi connectivity index (χ3v) is 6.00. The van der Waals surface area contributed by atoms with Crippen molar-refractivity contribution in [1.29, 1.82) is 0 Å². The lowest BCUT2D eigenvalue weighted by molar-refractivity contribution is -0.166. The van der Waals surface area contributed by atoms with Gasteiger partial charge in [-0.3, -0.25) is 19.5 Å². The molecule has 0 saturated carbocycles. The van der Waals surface area contributed by atoms with Crippen LogP contribution in [0.3, 0.4) is 0 Å². The van der Waals surface area contributed by atoms with Crippen LogP contribution in [0.15, 0.2) is 54.7 Å². The molecule has 1 aromatic carbocycles. The van der Waals surface area contributed by atoms with Crippen LogP contribution in [0.4, 0.5) is 0 Å². The average molecular weight is 423 g/mol. The highest BCUT2D eigenvalue weighted by Gasteiger charge is 2.45. The Bertz CT molecular complexity index is 871. The van der Waals surface area contributed by atoms with Crippen molar-refractivity contribution >= 4 is 11.8 Å². The molecule has 1 atom stereocenters. The van der Waals surface area contributed by atoms with Gasteiger partial charge in [-0.2, -0.15) is 0 Å². The number of amides is 2. The van der Waals surface area contributed by atoms with Gasteiger partial charge >= 0.3 is 0 Å². The van der Waals surface area contributed by atoms with E-state index in [2.05, 4.69) is 15.2 Å². The Morgan fingerprint density at radius 3 is 2.55 bits per heavy atom. The van der Waals surface area contributed by atoms with E-state index in [9.17, 15) is 9.59 Å². The van der Waals surface area contributed by atoms with Gasteiger partial charge in [-0.1, -0.05) is 36.4 Å². The lowest BCUT2D eigenvalue weighted by Gasteiger charge is -2.42. The van der Waals surface area contributed by atoms with Crippen LogP contribution in [0, 0.1) is 0 Å². The molecule has 1 aromatic heterocycles. The number of pyridine rings is 1. The van der Waals surface area contributed by atoms with Gasteiger partial charge < -0.3 is 15.0 Å². The summed E-state index contributed by atoms with van der Waals surface area (Å²) in [5, 5.41) is 3.02. The first-order valence-electron chi connectivity index (χ1n) is 11.0. The first-order valence-corrected chi connectivity index (χ1v) is 11.0. The minimum Gasteiger partial charge on any atom is -0.361 e. The first kappa shape index (κ1) is 21.5. The average Bonchev–Trinajstić information content (AvgIpc) is 3.32. The van der Waals surface area contributed by atoms with E-state index in [-0.39, 0.29) is 18.4 Å². The molecule has 2 aliphatic heterocycles. The van der Waals surface area contributed by atoms with Gasteiger partial charge in [-0.05, 0) is 43.6 Å². The van der Waals surface area contributed by atoms with Crippen molar-refractivity contribution in [3.05, 3.63) is 66.0 Å². The Balaban J connectivity index is 1.49. The summed E-state index contributed by atoms with van der Waals surface area (Å²) in [7, 11) is 0. The van der Waals surface area contributed by atoms with Crippen LogP contribution in [-0.2, 0) is 27.3 Å². The summed E-state index contributed by atoms with van der Waals surface area (Å²) in [6.45, 7) is 3.82. The number of carbonyl (C=O) groups is 2. The molecule has 0 aliphatic carbocycles. The highest BCUT2D eigenvalue weighted by Crippen LogP contribution is 2.24. The largest absolute Gasteiger partial charge is 0.361 e. The van der Waals surface area contributed by atoms with Crippen molar-refractivity contribution in [3.63, 3.8) is 0 Å². The molecule has 164 valence electrons. The van der Waals surface area contributed by atoms with Gasteiger partial charge in [0, 0.05) is 31.4 Å². The summed E-state index contributed by atoms with van der Waals surface area (Å²) in [6, 6.07) is 15.4. The standard InChI is InChI=1S/C24H30N4O3/c29-22(18-27-12-6-7-13-27)28-14-15-31-24(19-28,16-21-10-4-5-11-25-21)23(30)26-17-20-8-2-1-3-9-20/h1-5,8-11H,6-7,12-19H2,(H,26,30)/t24-/m0/s1. The van der Waals surface area contributed by atoms with Crippen LogP contribution >= 0.6 is 0 Å². The third-order valence-electron chi connectivity index (χ3n) is 6.00. The highest BCUT2D eigenvalue weighted by molar-refractivity contribution is 5.87. The highest BCUT2D eigenvalue weighted by atomic mass is 16.5. The lowest BCUT2D eigenvalue weighted by Crippen LogP contribution is -2.62. The van der Waals surface area contributed by atoms with Gasteiger partial charge in [0.2, 0.25) is 5.91 Å². The van der Waals surface area contributed by atoms with Crippen molar-refractivity contribution in [3.8, 4) is 0 Å². The van der Waals surface area contributed by atoms with Gasteiger partial charge in [0.1, 0.15) is 0 Å². The molecule has 0 spiro atoms. The van der Waals surface area contributed by atoms with Gasteiger partial charge in [0.25, 0.3) is 5.91 Å². The maximum absolute atomic E-state index is 13.4. The predicted octanol–water partition coefficient (Wildman–Crippen LogP) is 1.63. The van der Waals surface area contributed by atoms with E-state index in [1.165, 1.54) is 0 Å². The Morgan fingerprint density at radius 2 is 1.81 bits per heavy atom. The van der Waals surface area contributed by atoms with Crippen molar-refractivity contribution < 1.29 is 14.3 Å². The second-order valence-corrected chi connectivity index (χ2v) is 8.31. The number of likely N-dealkylation sites (tertiary alicyclic amines) is 1. The van der Waals surface area contributed by atoms with Crippen LogP contribution in [0.25, 0.3) is 0 Å². The molecule has 31 heavy (non-hydrogen) atoms. The normalized spacial score (nSPS) is 21.7. The van der Waals surface area contributed by atoms with Gasteiger partial charge in [-0.25, -0.2) is 0 Å². The van der Waals surface area contributed by atoms with Gasteiger partial charge in [-0.15, -0.1) is 0 Å². The molecule has 2 amide bonds. The number of hydrogen-bond acceptors (Lipinski definition) is 5. The molecule has 1 N–H and O–H groups in total. The van der Waals surface area contributed by atoms with E-state index in [0.717, 1.165) is 37.2 Å². The van der Waals surface area contributed by atoms with E-state index in [4.69, 9.17) is 4.74 Å². The molecule has 0 bridgehead atoms. The topological polar surface area (TPSA) is 74.8 Å². The number of morpholine rings is 1. The third kappa shape index (κ3) is 5.48. The molecule has 2 saturated heterocycles. The number of nitrogens with one attached hydrogen (secondary N) is 1. The number of carbonyl (C=O) groups excluding carboxylic acids is 2. The van der Waals surface area contributed by atoms with Crippen molar-refractivity contribution in [2.75, 3.05) is 39.3 Å². The predicted molar refractivity (Wildman–Crippen MR) is 117 cm³/mol. The zero-order valence-electron chi connectivity index (χ0n) is 17.8. The Labute approximate surface area is 183 Å². The molecule has 7 nitrogen and oxygen atoms in total. The van der Waals surface area contributed by atoms with E-state index < -0.39 is 5.60 Å². The minimum absolute atomic E-state index is 0.0615. The number of rotatable bonds is 7. The van der Waals surface area contributed by atoms with E-state index >= 15 is 0 Å². The molecular formula is C24H30N4O3. The van der Waals surface area contributed by atoms with Crippen LogP contribution < -0.4 is 5.32 Å². The number of nitrogens with zero attached hydrogens (tertiary/aromatic N) is 3. The zero-order valence-corrected chi connectivity index (χ0v) is 17.8. The number of benzene rings is 1. The fraction of sp³-hybridized carbons (Fsp3) is 0.458. The van der Waals surface area contributed by atoms with Crippen LogP contribution in [0.1, 0.15) is 24.1 Å². The molecule has 0 unspecified atom stereocenters. The Morgan fingerprint density at radius 1 is 1.03 bits per heavy atom. The molecule has 4 rings (SSSR count). The van der Waals surface area contributed by atoms with Crippen LogP contribution in [-0.4, -0.2) is 71.5 Å². The summed E-state index contributed by atoms with van der Waals surface area (Å²) in [4.78, 5) is 34.7. The number of ether oxygens (including phenoxy) is 1. The van der Waals surface area contributed by atoms with E-state index in [0.29, 0.717) is 32.7 Å². The monoisotopic (exact) mass is 422 g/mol. The molecule has 7 heteroatoms. The fourth-order valence-electron chi connectivity index (χ4n) is 4.29. The molecule has 2 aromatic rings. The maximum atomic E-state index is 13.4. The molecule has 2 fully saturated rings. The van der Waals surface area contributed by atoms with E-state index in [1.54, 1.807) is 11.1 Å². The quantitative estimate of drug-likeness (QED) is 0.734. The van der Waals surface area contributed by atoms with Gasteiger partial charge in [0.15, 0.2) is 5.60 Å². The first-order chi connectivity index (χ1) is 15.1. The molecule has 3 heterocycles. The minimum atomic E-state index is -1.15. The zero-order chi connectivity index (χ0) is 21.5. The van der Waals surface area contributed by atoms with Gasteiger partial charge in [0.05, 0.1) is 19.7 Å².